The first-order valence-electron chi connectivity index (χ1n) is 11.4. The Morgan fingerprint density at radius 2 is 1.62 bits per heavy atom. The van der Waals surface area contributed by atoms with E-state index in [9.17, 15) is 19.2 Å². The molecular formula is C27H32N2O8. The maximum absolute atomic E-state index is 12.4. The maximum Gasteiger partial charge on any atom is 0.412 e. The molecular weight excluding hydrogens is 480 g/mol. The van der Waals surface area contributed by atoms with Crippen LogP contribution in [0.3, 0.4) is 0 Å². The summed E-state index contributed by atoms with van der Waals surface area (Å²) in [6, 6.07) is 12.3. The molecule has 0 bridgehead atoms. The van der Waals surface area contributed by atoms with Crippen molar-refractivity contribution in [1.29, 1.82) is 0 Å². The van der Waals surface area contributed by atoms with Gasteiger partial charge in [0.1, 0.15) is 24.5 Å². The van der Waals surface area contributed by atoms with Gasteiger partial charge in [-0.15, -0.1) is 0 Å². The summed E-state index contributed by atoms with van der Waals surface area (Å²) in [5, 5.41) is 5.07. The predicted octanol–water partition coefficient (Wildman–Crippen LogP) is 4.85. The van der Waals surface area contributed by atoms with Gasteiger partial charge in [-0.3, -0.25) is 15.4 Å². The molecule has 0 saturated heterocycles. The van der Waals surface area contributed by atoms with Gasteiger partial charge in [-0.1, -0.05) is 30.3 Å². The number of aryl methyl sites for hydroxylation is 1. The summed E-state index contributed by atoms with van der Waals surface area (Å²) in [5.41, 5.74) is 1.82. The van der Waals surface area contributed by atoms with Crippen LogP contribution in [-0.2, 0) is 41.8 Å². The lowest BCUT2D eigenvalue weighted by molar-refractivity contribution is -0.142. The molecule has 0 aliphatic rings. The minimum Gasteiger partial charge on any atom is -0.464 e. The molecule has 10 heteroatoms. The monoisotopic (exact) mass is 512 g/mol. The highest BCUT2D eigenvalue weighted by Gasteiger charge is 2.19. The van der Waals surface area contributed by atoms with Crippen LogP contribution >= 0.6 is 0 Å². The van der Waals surface area contributed by atoms with Gasteiger partial charge in [0.15, 0.2) is 0 Å². The Morgan fingerprint density at radius 1 is 0.946 bits per heavy atom. The number of nitrogens with one attached hydrogen (secondary N) is 2. The number of esters is 2. The molecule has 0 heterocycles. The molecule has 0 aliphatic carbocycles. The first-order chi connectivity index (χ1) is 17.4. The van der Waals surface area contributed by atoms with Crippen molar-refractivity contribution in [3.05, 3.63) is 70.4 Å². The Labute approximate surface area is 215 Å². The molecule has 0 aromatic heterocycles. The van der Waals surface area contributed by atoms with Crippen molar-refractivity contribution >= 4 is 35.9 Å². The van der Waals surface area contributed by atoms with Gasteiger partial charge in [-0.05, 0) is 68.2 Å². The summed E-state index contributed by atoms with van der Waals surface area (Å²) in [6.07, 6.45) is -0.143. The van der Waals surface area contributed by atoms with Crippen molar-refractivity contribution in [1.82, 2.24) is 5.32 Å². The van der Waals surface area contributed by atoms with Crippen LogP contribution in [0.4, 0.5) is 15.3 Å². The zero-order chi connectivity index (χ0) is 27.6. The Morgan fingerprint density at radius 3 is 2.22 bits per heavy atom. The summed E-state index contributed by atoms with van der Waals surface area (Å²) >= 11 is 0. The van der Waals surface area contributed by atoms with Crippen LogP contribution in [0.5, 0.6) is 0 Å². The number of ether oxygens (including phenoxy) is 4. The number of benzene rings is 2. The number of hydrogen-bond donors (Lipinski definition) is 2. The third kappa shape index (κ3) is 10.0. The molecule has 10 nitrogen and oxygen atoms in total. The Kier molecular flexibility index (Phi) is 10.2. The van der Waals surface area contributed by atoms with Gasteiger partial charge in [0.25, 0.3) is 0 Å². The fourth-order valence-electron chi connectivity index (χ4n) is 3.04. The average Bonchev–Trinajstić information content (AvgIpc) is 2.82. The molecule has 37 heavy (non-hydrogen) atoms. The Bertz CT molecular complexity index is 1170. The van der Waals surface area contributed by atoms with Crippen molar-refractivity contribution < 1.29 is 38.1 Å². The number of amides is 2. The molecule has 2 N–H and O–H groups in total. The second-order valence-corrected chi connectivity index (χ2v) is 9.01. The molecule has 0 spiro atoms. The highest BCUT2D eigenvalue weighted by Crippen LogP contribution is 2.25. The van der Waals surface area contributed by atoms with Gasteiger partial charge in [0.05, 0.1) is 7.11 Å². The zero-order valence-corrected chi connectivity index (χ0v) is 21.8. The topological polar surface area (TPSA) is 129 Å². The van der Waals surface area contributed by atoms with Gasteiger partial charge in [-0.25, -0.2) is 14.4 Å². The number of methoxy groups -OCH3 is 1. The van der Waals surface area contributed by atoms with Gasteiger partial charge in [0, 0.05) is 12.6 Å². The van der Waals surface area contributed by atoms with Gasteiger partial charge >= 0.3 is 24.1 Å². The largest absolute Gasteiger partial charge is 0.464 e. The van der Waals surface area contributed by atoms with Crippen molar-refractivity contribution in [2.45, 2.75) is 53.4 Å². The van der Waals surface area contributed by atoms with E-state index in [4.69, 9.17) is 18.9 Å². The third-order valence-electron chi connectivity index (χ3n) is 4.71. The minimum atomic E-state index is -0.859. The van der Waals surface area contributed by atoms with Crippen molar-refractivity contribution in [3.8, 4) is 0 Å². The SMILES string of the molecule is COC(=O)/C(=C/c1cc(C)c(NC(=O)OC(C)(C)C)cc1COC(C)=O)NC(=O)OCc1ccccc1. The number of alkyl carbamates (subject to hydrolysis) is 1. The van der Waals surface area contributed by atoms with E-state index in [1.807, 2.05) is 18.2 Å². The van der Waals surface area contributed by atoms with Crippen LogP contribution in [-0.4, -0.2) is 36.8 Å². The molecule has 2 rings (SSSR count). The van der Waals surface area contributed by atoms with Crippen LogP contribution < -0.4 is 10.6 Å². The van der Waals surface area contributed by atoms with E-state index in [1.165, 1.54) is 20.1 Å². The van der Waals surface area contributed by atoms with Gasteiger partial charge < -0.3 is 18.9 Å². The molecule has 0 saturated carbocycles. The summed E-state index contributed by atoms with van der Waals surface area (Å²) in [5.74, 6) is -1.34. The van der Waals surface area contributed by atoms with Gasteiger partial charge in [-0.2, -0.15) is 0 Å². The summed E-state index contributed by atoms with van der Waals surface area (Å²) < 4.78 is 20.4. The van der Waals surface area contributed by atoms with Crippen LogP contribution in [0, 0.1) is 6.92 Å². The molecule has 0 unspecified atom stereocenters. The maximum atomic E-state index is 12.4. The van der Waals surface area contributed by atoms with Crippen LogP contribution in [0.2, 0.25) is 0 Å². The van der Waals surface area contributed by atoms with Crippen molar-refractivity contribution in [2.75, 3.05) is 12.4 Å². The average molecular weight is 513 g/mol. The smallest absolute Gasteiger partial charge is 0.412 e. The number of carbonyl (C=O) groups excluding carboxylic acids is 4. The van der Waals surface area contributed by atoms with E-state index < -0.39 is 29.7 Å². The van der Waals surface area contributed by atoms with E-state index in [0.717, 1.165) is 5.56 Å². The fraction of sp³-hybridized carbons (Fsp3) is 0.333. The molecule has 2 amide bonds. The fourth-order valence-corrected chi connectivity index (χ4v) is 3.04. The quantitative estimate of drug-likeness (QED) is 0.292. The number of carbonyl (C=O) groups is 4. The van der Waals surface area contributed by atoms with Crippen LogP contribution in [0.1, 0.15) is 49.9 Å². The number of hydrogen-bond acceptors (Lipinski definition) is 8. The lowest BCUT2D eigenvalue weighted by Gasteiger charge is -2.21. The molecule has 198 valence electrons. The number of anilines is 1. The van der Waals surface area contributed by atoms with E-state index >= 15 is 0 Å². The van der Waals surface area contributed by atoms with E-state index in [1.54, 1.807) is 52.0 Å². The van der Waals surface area contributed by atoms with E-state index in [-0.39, 0.29) is 18.9 Å². The summed E-state index contributed by atoms with van der Waals surface area (Å²) in [4.78, 5) is 48.5. The molecule has 2 aromatic carbocycles. The standard InChI is InChI=1S/C27H32N2O8/c1-17-12-20(21(16-35-18(2)30)14-22(17)28-26(33)37-27(3,4)5)13-23(24(31)34-6)29-25(32)36-15-19-10-8-7-9-11-19/h7-14H,15-16H2,1-6H3,(H,28,33)(H,29,32)/b23-13-. The molecule has 0 radical (unpaired) electrons. The highest BCUT2D eigenvalue weighted by molar-refractivity contribution is 5.97. The van der Waals surface area contributed by atoms with E-state index in [0.29, 0.717) is 22.4 Å². The lowest BCUT2D eigenvalue weighted by atomic mass is 10.0. The molecule has 2 aromatic rings. The third-order valence-corrected chi connectivity index (χ3v) is 4.71. The first-order valence-corrected chi connectivity index (χ1v) is 11.4. The Balaban J connectivity index is 2.35. The Hall–Kier alpha value is -4.34. The lowest BCUT2D eigenvalue weighted by Crippen LogP contribution is -2.28. The molecule has 0 atom stereocenters. The normalized spacial score (nSPS) is 11.2. The minimum absolute atomic E-state index is 0.00294. The van der Waals surface area contributed by atoms with Crippen LogP contribution in [0.25, 0.3) is 6.08 Å². The second kappa shape index (κ2) is 13.1. The second-order valence-electron chi connectivity index (χ2n) is 9.01. The summed E-state index contributed by atoms with van der Waals surface area (Å²) in [6.45, 7) is 8.07. The first kappa shape index (κ1) is 28.9. The molecule has 0 aliphatic heterocycles. The predicted molar refractivity (Wildman–Crippen MR) is 136 cm³/mol. The van der Waals surface area contributed by atoms with Gasteiger partial charge in [0.2, 0.25) is 0 Å². The van der Waals surface area contributed by atoms with Crippen LogP contribution in [0.15, 0.2) is 48.2 Å². The highest BCUT2D eigenvalue weighted by atomic mass is 16.6. The van der Waals surface area contributed by atoms with E-state index in [2.05, 4.69) is 10.6 Å². The van der Waals surface area contributed by atoms with Crippen molar-refractivity contribution in [3.63, 3.8) is 0 Å². The zero-order valence-electron chi connectivity index (χ0n) is 21.8. The number of rotatable bonds is 8. The molecule has 0 fully saturated rings. The summed E-state index contributed by atoms with van der Waals surface area (Å²) in [7, 11) is 1.17. The van der Waals surface area contributed by atoms with Crippen molar-refractivity contribution in [2.24, 2.45) is 0 Å².